The van der Waals surface area contributed by atoms with Gasteiger partial charge in [-0.25, -0.2) is 0 Å². The standard InChI is InChI=1S/C21H22O4/c1-4-16(22)12-19-17-13-21(24-3)20(23-2)11-15(17)10-18(25-19)14-8-6-5-7-9-14/h5-11,13,19H,4,12H2,1-3H3. The summed E-state index contributed by atoms with van der Waals surface area (Å²) in [6.45, 7) is 1.87. The molecule has 1 unspecified atom stereocenters. The molecule has 1 aliphatic rings. The predicted octanol–water partition coefficient (Wildman–Crippen LogP) is 4.64. The van der Waals surface area contributed by atoms with Gasteiger partial charge >= 0.3 is 0 Å². The molecule has 0 saturated carbocycles. The van der Waals surface area contributed by atoms with Crippen molar-refractivity contribution in [3.05, 3.63) is 59.2 Å². The van der Waals surface area contributed by atoms with Crippen LogP contribution in [0.1, 0.15) is 42.6 Å². The molecule has 1 heterocycles. The van der Waals surface area contributed by atoms with Crippen LogP contribution >= 0.6 is 0 Å². The van der Waals surface area contributed by atoms with Crippen molar-refractivity contribution in [2.75, 3.05) is 14.2 Å². The van der Waals surface area contributed by atoms with Gasteiger partial charge in [-0.15, -0.1) is 0 Å². The predicted molar refractivity (Wildman–Crippen MR) is 97.6 cm³/mol. The zero-order chi connectivity index (χ0) is 17.8. The molecule has 0 spiro atoms. The normalized spacial score (nSPS) is 15.6. The molecule has 2 aromatic carbocycles. The van der Waals surface area contributed by atoms with E-state index in [1.165, 1.54) is 0 Å². The SMILES string of the molecule is CCC(=O)CC1OC(c2ccccc2)=Cc2cc(OC)c(OC)cc21. The number of hydrogen-bond acceptors (Lipinski definition) is 4. The fourth-order valence-electron chi connectivity index (χ4n) is 2.96. The number of hydrogen-bond donors (Lipinski definition) is 0. The van der Waals surface area contributed by atoms with Crippen LogP contribution in [0.15, 0.2) is 42.5 Å². The number of benzene rings is 2. The van der Waals surface area contributed by atoms with E-state index in [0.29, 0.717) is 24.3 Å². The minimum Gasteiger partial charge on any atom is -0.493 e. The van der Waals surface area contributed by atoms with Gasteiger partial charge in [-0.1, -0.05) is 37.3 Å². The van der Waals surface area contributed by atoms with E-state index >= 15 is 0 Å². The smallest absolute Gasteiger partial charge is 0.161 e. The highest BCUT2D eigenvalue weighted by molar-refractivity contribution is 5.84. The molecule has 3 rings (SSSR count). The molecular formula is C21H22O4. The molecule has 2 aromatic rings. The average Bonchev–Trinajstić information content (AvgIpc) is 2.67. The molecular weight excluding hydrogens is 316 g/mol. The van der Waals surface area contributed by atoms with Crippen molar-refractivity contribution < 1.29 is 19.0 Å². The van der Waals surface area contributed by atoms with Gasteiger partial charge in [0, 0.05) is 24.0 Å². The molecule has 0 fully saturated rings. The summed E-state index contributed by atoms with van der Waals surface area (Å²) >= 11 is 0. The molecule has 0 aliphatic carbocycles. The quantitative estimate of drug-likeness (QED) is 0.769. The van der Waals surface area contributed by atoms with Crippen LogP contribution in [0.2, 0.25) is 0 Å². The minimum atomic E-state index is -0.331. The van der Waals surface area contributed by atoms with Gasteiger partial charge in [-0.05, 0) is 23.8 Å². The van der Waals surface area contributed by atoms with Gasteiger partial charge in [0.05, 0.1) is 14.2 Å². The van der Waals surface area contributed by atoms with E-state index in [4.69, 9.17) is 14.2 Å². The first-order chi connectivity index (χ1) is 12.2. The molecule has 0 aromatic heterocycles. The number of carbonyl (C=O) groups is 1. The lowest BCUT2D eigenvalue weighted by molar-refractivity contribution is -0.120. The first-order valence-corrected chi connectivity index (χ1v) is 8.37. The summed E-state index contributed by atoms with van der Waals surface area (Å²) in [5.74, 6) is 2.22. The summed E-state index contributed by atoms with van der Waals surface area (Å²) in [6, 6.07) is 13.7. The van der Waals surface area contributed by atoms with Gasteiger partial charge in [0.25, 0.3) is 0 Å². The number of rotatable bonds is 6. The number of ketones is 1. The molecule has 25 heavy (non-hydrogen) atoms. The van der Waals surface area contributed by atoms with Crippen molar-refractivity contribution in [2.24, 2.45) is 0 Å². The van der Waals surface area contributed by atoms with Gasteiger partial charge in [0.15, 0.2) is 11.5 Å². The highest BCUT2D eigenvalue weighted by atomic mass is 16.5. The summed E-state index contributed by atoms with van der Waals surface area (Å²) in [4.78, 5) is 12.1. The number of Topliss-reactive ketones (excluding diaryl/α,β-unsaturated/α-hetero) is 1. The number of methoxy groups -OCH3 is 2. The van der Waals surface area contributed by atoms with Crippen molar-refractivity contribution >= 4 is 17.6 Å². The molecule has 4 nitrogen and oxygen atoms in total. The van der Waals surface area contributed by atoms with Gasteiger partial charge in [0.2, 0.25) is 0 Å². The van der Waals surface area contributed by atoms with Crippen molar-refractivity contribution in [2.45, 2.75) is 25.9 Å². The third kappa shape index (κ3) is 3.53. The highest BCUT2D eigenvalue weighted by Crippen LogP contribution is 2.42. The Labute approximate surface area is 148 Å². The highest BCUT2D eigenvalue weighted by Gasteiger charge is 2.27. The summed E-state index contributed by atoms with van der Waals surface area (Å²) in [6.07, 6.45) is 2.48. The van der Waals surface area contributed by atoms with E-state index in [9.17, 15) is 4.79 Å². The molecule has 0 saturated heterocycles. The lowest BCUT2D eigenvalue weighted by Crippen LogP contribution is -2.14. The van der Waals surface area contributed by atoms with Crippen LogP contribution in [0, 0.1) is 0 Å². The molecule has 1 aliphatic heterocycles. The Kier molecular flexibility index (Phi) is 5.08. The van der Waals surface area contributed by atoms with Crippen molar-refractivity contribution in [1.82, 2.24) is 0 Å². The Morgan fingerprint density at radius 2 is 1.76 bits per heavy atom. The number of fused-ring (bicyclic) bond motifs is 1. The van der Waals surface area contributed by atoms with Crippen molar-refractivity contribution in [3.63, 3.8) is 0 Å². The molecule has 0 radical (unpaired) electrons. The maximum atomic E-state index is 12.1. The summed E-state index contributed by atoms with van der Waals surface area (Å²) in [5, 5.41) is 0. The van der Waals surface area contributed by atoms with E-state index in [1.807, 2.05) is 55.5 Å². The van der Waals surface area contributed by atoms with Gasteiger partial charge in [-0.2, -0.15) is 0 Å². The van der Waals surface area contributed by atoms with Crippen LogP contribution < -0.4 is 9.47 Å². The average molecular weight is 338 g/mol. The number of carbonyl (C=O) groups excluding carboxylic acids is 1. The molecule has 0 bridgehead atoms. The first kappa shape index (κ1) is 17.1. The van der Waals surface area contributed by atoms with E-state index < -0.39 is 0 Å². The zero-order valence-electron chi connectivity index (χ0n) is 14.7. The van der Waals surface area contributed by atoms with E-state index in [2.05, 4.69) is 0 Å². The van der Waals surface area contributed by atoms with Crippen molar-refractivity contribution in [1.29, 1.82) is 0 Å². The Balaban J connectivity index is 2.09. The molecule has 0 N–H and O–H groups in total. The molecule has 4 heteroatoms. The van der Waals surface area contributed by atoms with Crippen LogP contribution in [0.5, 0.6) is 11.5 Å². The summed E-state index contributed by atoms with van der Waals surface area (Å²) in [7, 11) is 3.22. The van der Waals surface area contributed by atoms with Crippen LogP contribution in [-0.4, -0.2) is 20.0 Å². The second kappa shape index (κ2) is 7.43. The van der Waals surface area contributed by atoms with Crippen molar-refractivity contribution in [3.8, 4) is 11.5 Å². The van der Waals surface area contributed by atoms with E-state index in [0.717, 1.165) is 22.4 Å². The van der Waals surface area contributed by atoms with Crippen LogP contribution in [-0.2, 0) is 9.53 Å². The molecule has 130 valence electrons. The third-order valence-electron chi connectivity index (χ3n) is 4.36. The Morgan fingerprint density at radius 1 is 1.08 bits per heavy atom. The first-order valence-electron chi connectivity index (χ1n) is 8.37. The summed E-state index contributed by atoms with van der Waals surface area (Å²) in [5.41, 5.74) is 2.91. The fourth-order valence-corrected chi connectivity index (χ4v) is 2.96. The third-order valence-corrected chi connectivity index (χ3v) is 4.36. The van der Waals surface area contributed by atoms with Crippen LogP contribution in [0.4, 0.5) is 0 Å². The van der Waals surface area contributed by atoms with E-state index in [-0.39, 0.29) is 11.9 Å². The fraction of sp³-hybridized carbons (Fsp3) is 0.286. The Bertz CT molecular complexity index is 793. The minimum absolute atomic E-state index is 0.167. The topological polar surface area (TPSA) is 44.8 Å². The lowest BCUT2D eigenvalue weighted by Gasteiger charge is -2.28. The van der Waals surface area contributed by atoms with Crippen LogP contribution in [0.25, 0.3) is 11.8 Å². The Morgan fingerprint density at radius 3 is 2.40 bits per heavy atom. The van der Waals surface area contributed by atoms with Gasteiger partial charge in [0.1, 0.15) is 17.6 Å². The monoisotopic (exact) mass is 338 g/mol. The largest absolute Gasteiger partial charge is 0.493 e. The maximum Gasteiger partial charge on any atom is 0.161 e. The van der Waals surface area contributed by atoms with Crippen LogP contribution in [0.3, 0.4) is 0 Å². The second-order valence-electron chi connectivity index (χ2n) is 5.91. The lowest BCUT2D eigenvalue weighted by atomic mass is 9.93. The zero-order valence-corrected chi connectivity index (χ0v) is 14.7. The summed E-state index contributed by atoms with van der Waals surface area (Å²) < 4.78 is 17.0. The maximum absolute atomic E-state index is 12.1. The number of ether oxygens (including phenoxy) is 3. The molecule has 0 amide bonds. The second-order valence-corrected chi connectivity index (χ2v) is 5.91. The van der Waals surface area contributed by atoms with Gasteiger partial charge < -0.3 is 14.2 Å². The van der Waals surface area contributed by atoms with Gasteiger partial charge in [-0.3, -0.25) is 4.79 Å². The Hall–Kier alpha value is -2.75. The molecule has 1 atom stereocenters. The van der Waals surface area contributed by atoms with E-state index in [1.54, 1.807) is 14.2 Å².